The Bertz CT molecular complexity index is 501. The summed E-state index contributed by atoms with van der Waals surface area (Å²) in [5.74, 6) is -4.28. The van der Waals surface area contributed by atoms with Crippen molar-refractivity contribution in [2.24, 2.45) is 0 Å². The van der Waals surface area contributed by atoms with Crippen LogP contribution in [-0.4, -0.2) is 67.7 Å². The van der Waals surface area contributed by atoms with E-state index in [2.05, 4.69) is 0 Å². The number of hydrogen-bond acceptors (Lipinski definition) is 6. The molecule has 0 aliphatic carbocycles. The van der Waals surface area contributed by atoms with E-state index in [9.17, 15) is 19.2 Å². The first-order chi connectivity index (χ1) is 11.6. The second-order valence-electron chi connectivity index (χ2n) is 4.28. The van der Waals surface area contributed by atoms with Crippen LogP contribution in [0.1, 0.15) is 40.0 Å². The summed E-state index contributed by atoms with van der Waals surface area (Å²) in [5, 5.41) is 48.5. The number of benzene rings is 1. The first-order valence-electron chi connectivity index (χ1n) is 6.87. The van der Waals surface area contributed by atoms with Crippen molar-refractivity contribution in [3.8, 4) is 0 Å². The number of aliphatic carboxylic acids is 2. The fraction of sp³-hybridized carbons (Fsp3) is 0.333. The van der Waals surface area contributed by atoms with E-state index in [1.807, 2.05) is 0 Å². The van der Waals surface area contributed by atoms with Crippen LogP contribution in [0.2, 0.25) is 0 Å². The predicted molar refractivity (Wildman–Crippen MR) is 83.7 cm³/mol. The van der Waals surface area contributed by atoms with Gasteiger partial charge in [-0.25, -0.2) is 9.59 Å². The van der Waals surface area contributed by atoms with Gasteiger partial charge >= 0.3 is 23.9 Å². The number of aromatic carboxylic acids is 2. The summed E-state index contributed by atoms with van der Waals surface area (Å²) in [4.78, 5) is 40.0. The molecule has 0 saturated heterocycles. The van der Waals surface area contributed by atoms with Gasteiger partial charge in [-0.05, 0) is 30.7 Å². The van der Waals surface area contributed by atoms with E-state index in [1.165, 1.54) is 24.3 Å². The molecule has 1 aromatic carbocycles. The monoisotopic (exact) mass is 360 g/mol. The largest absolute Gasteiger partial charge is 0.481 e. The quantitative estimate of drug-likeness (QED) is 0.396. The normalized spacial score (nSPS) is 8.88. The Morgan fingerprint density at radius 1 is 0.640 bits per heavy atom. The molecule has 0 saturated carbocycles. The van der Waals surface area contributed by atoms with Crippen LogP contribution in [0.15, 0.2) is 24.3 Å². The lowest BCUT2D eigenvalue weighted by Crippen LogP contribution is -2.00. The third-order valence-electron chi connectivity index (χ3n) is 2.25. The maximum absolute atomic E-state index is 10.3. The molecule has 0 amide bonds. The van der Waals surface area contributed by atoms with Crippen molar-refractivity contribution in [2.75, 3.05) is 13.2 Å². The summed E-state index contributed by atoms with van der Waals surface area (Å²) >= 11 is 0. The number of carbonyl (C=O) groups is 4. The summed E-state index contributed by atoms with van der Waals surface area (Å²) < 4.78 is 0. The van der Waals surface area contributed by atoms with Gasteiger partial charge < -0.3 is 30.6 Å². The molecule has 10 heteroatoms. The second-order valence-corrected chi connectivity index (χ2v) is 4.28. The Morgan fingerprint density at radius 2 is 0.920 bits per heavy atom. The van der Waals surface area contributed by atoms with Crippen LogP contribution in [0.5, 0.6) is 0 Å². The van der Waals surface area contributed by atoms with E-state index < -0.39 is 23.9 Å². The van der Waals surface area contributed by atoms with Crippen molar-refractivity contribution >= 4 is 23.9 Å². The molecule has 0 aliphatic rings. The number of carboxylic acids is 4. The molecule has 0 bridgehead atoms. The molecular formula is C15H20O10. The molecule has 25 heavy (non-hydrogen) atoms. The molecule has 0 spiro atoms. The van der Waals surface area contributed by atoms with Crippen LogP contribution in [-0.2, 0) is 9.59 Å². The predicted octanol–water partition coefficient (Wildman–Crippen LogP) is 0.380. The van der Waals surface area contributed by atoms with Crippen LogP contribution in [0.25, 0.3) is 0 Å². The van der Waals surface area contributed by atoms with Crippen molar-refractivity contribution in [3.63, 3.8) is 0 Å². The molecule has 140 valence electrons. The standard InChI is InChI=1S/C8H6O4.C4H6O4.C3H8O2/c9-7(10)5-1-2-6(4-3-5)8(11)12;5-3(6)1-2-4(7)8;4-2-1-3-5/h1-4H,(H,9,10)(H,11,12);1-2H2,(H,5,6)(H,7,8);4-5H,1-3H2. The van der Waals surface area contributed by atoms with E-state index in [1.54, 1.807) is 0 Å². The molecular weight excluding hydrogens is 340 g/mol. The highest BCUT2D eigenvalue weighted by atomic mass is 16.4. The van der Waals surface area contributed by atoms with E-state index in [4.69, 9.17) is 30.6 Å². The Balaban J connectivity index is 0. The zero-order valence-corrected chi connectivity index (χ0v) is 13.2. The van der Waals surface area contributed by atoms with Crippen molar-refractivity contribution < 1.29 is 49.8 Å². The lowest BCUT2D eigenvalue weighted by Gasteiger charge is -1.94. The van der Waals surface area contributed by atoms with Crippen molar-refractivity contribution in [2.45, 2.75) is 19.3 Å². The van der Waals surface area contributed by atoms with Crippen LogP contribution >= 0.6 is 0 Å². The van der Waals surface area contributed by atoms with Gasteiger partial charge in [0.05, 0.1) is 24.0 Å². The minimum atomic E-state index is -1.08. The van der Waals surface area contributed by atoms with Gasteiger partial charge in [0.25, 0.3) is 0 Å². The molecule has 0 atom stereocenters. The molecule has 0 heterocycles. The Morgan fingerprint density at radius 3 is 1.04 bits per heavy atom. The molecule has 0 aliphatic heterocycles. The highest BCUT2D eigenvalue weighted by Crippen LogP contribution is 2.03. The van der Waals surface area contributed by atoms with Crippen LogP contribution in [0.3, 0.4) is 0 Å². The third-order valence-corrected chi connectivity index (χ3v) is 2.25. The molecule has 0 radical (unpaired) electrons. The Kier molecular flexibility index (Phi) is 14.2. The van der Waals surface area contributed by atoms with Gasteiger partial charge in [0.2, 0.25) is 0 Å². The summed E-state index contributed by atoms with van der Waals surface area (Å²) in [5.41, 5.74) is 0.167. The Hall–Kier alpha value is -2.98. The van der Waals surface area contributed by atoms with Gasteiger partial charge in [0.15, 0.2) is 0 Å². The van der Waals surface area contributed by atoms with Crippen LogP contribution in [0.4, 0.5) is 0 Å². The molecule has 1 aromatic rings. The van der Waals surface area contributed by atoms with Gasteiger partial charge in [0, 0.05) is 13.2 Å². The minimum Gasteiger partial charge on any atom is -0.481 e. The summed E-state index contributed by atoms with van der Waals surface area (Å²) in [6.07, 6.45) is -0.0926. The molecule has 1 rings (SSSR count). The fourth-order valence-electron chi connectivity index (χ4n) is 1.04. The van der Waals surface area contributed by atoms with E-state index >= 15 is 0 Å². The topological polar surface area (TPSA) is 190 Å². The first kappa shape index (κ1) is 24.3. The van der Waals surface area contributed by atoms with Crippen LogP contribution in [0, 0.1) is 0 Å². The lowest BCUT2D eigenvalue weighted by molar-refractivity contribution is -0.143. The number of aliphatic hydroxyl groups is 2. The van der Waals surface area contributed by atoms with E-state index in [-0.39, 0.29) is 37.2 Å². The number of hydrogen-bond donors (Lipinski definition) is 6. The van der Waals surface area contributed by atoms with Crippen molar-refractivity contribution in [1.29, 1.82) is 0 Å². The average molecular weight is 360 g/mol. The van der Waals surface area contributed by atoms with Gasteiger partial charge in [-0.15, -0.1) is 0 Å². The number of aliphatic hydroxyl groups excluding tert-OH is 2. The third kappa shape index (κ3) is 15.7. The lowest BCUT2D eigenvalue weighted by atomic mass is 10.1. The van der Waals surface area contributed by atoms with Crippen LogP contribution < -0.4 is 0 Å². The molecule has 0 fully saturated rings. The maximum atomic E-state index is 10.3. The summed E-state index contributed by atoms with van der Waals surface area (Å²) in [7, 11) is 0. The maximum Gasteiger partial charge on any atom is 0.335 e. The number of carboxylic acid groups (broad SMARTS) is 4. The summed E-state index contributed by atoms with van der Waals surface area (Å²) in [6, 6.07) is 5.02. The summed E-state index contributed by atoms with van der Waals surface area (Å²) in [6.45, 7) is 0.188. The zero-order chi connectivity index (χ0) is 19.8. The zero-order valence-electron chi connectivity index (χ0n) is 13.2. The molecule has 0 aromatic heterocycles. The fourth-order valence-corrected chi connectivity index (χ4v) is 1.04. The molecule has 10 nitrogen and oxygen atoms in total. The SMILES string of the molecule is O=C(O)CCC(=O)O.O=C(O)c1ccc(C(=O)O)cc1.OCCCO. The molecule has 6 N–H and O–H groups in total. The highest BCUT2D eigenvalue weighted by molar-refractivity contribution is 5.91. The van der Waals surface area contributed by atoms with E-state index in [0.29, 0.717) is 6.42 Å². The van der Waals surface area contributed by atoms with Gasteiger partial charge in [-0.1, -0.05) is 0 Å². The second kappa shape index (κ2) is 14.6. The average Bonchev–Trinajstić information content (AvgIpc) is 2.55. The highest BCUT2D eigenvalue weighted by Gasteiger charge is 2.04. The first-order valence-corrected chi connectivity index (χ1v) is 6.87. The Labute approximate surface area is 142 Å². The van der Waals surface area contributed by atoms with Crippen molar-refractivity contribution in [3.05, 3.63) is 35.4 Å². The van der Waals surface area contributed by atoms with Gasteiger partial charge in [0.1, 0.15) is 0 Å². The van der Waals surface area contributed by atoms with Gasteiger partial charge in [-0.3, -0.25) is 9.59 Å². The van der Waals surface area contributed by atoms with Crippen molar-refractivity contribution in [1.82, 2.24) is 0 Å². The minimum absolute atomic E-state index is 0.0833. The molecule has 0 unspecified atom stereocenters. The number of rotatable bonds is 7. The van der Waals surface area contributed by atoms with Gasteiger partial charge in [-0.2, -0.15) is 0 Å². The van der Waals surface area contributed by atoms with E-state index in [0.717, 1.165) is 0 Å². The smallest absolute Gasteiger partial charge is 0.335 e.